The molecular formula is C16H15NO3S. The van der Waals surface area contributed by atoms with E-state index in [0.717, 1.165) is 5.56 Å². The average molecular weight is 301 g/mol. The Hall–Kier alpha value is -2.29. The molecule has 0 aliphatic carbocycles. The van der Waals surface area contributed by atoms with E-state index in [1.165, 1.54) is 12.1 Å². The monoisotopic (exact) mass is 301 g/mol. The van der Waals surface area contributed by atoms with Crippen LogP contribution in [-0.2, 0) is 10.0 Å². The highest BCUT2D eigenvalue weighted by Gasteiger charge is 2.14. The summed E-state index contributed by atoms with van der Waals surface area (Å²) in [5.41, 5.74) is 1.91. The lowest BCUT2D eigenvalue weighted by Crippen LogP contribution is -2.13. The second-order valence-corrected chi connectivity index (χ2v) is 6.09. The van der Waals surface area contributed by atoms with Crippen molar-refractivity contribution in [2.45, 2.75) is 11.8 Å². The Labute approximate surface area is 124 Å². The molecule has 0 bridgehead atoms. The molecule has 5 heteroatoms. The third-order valence-corrected chi connectivity index (χ3v) is 4.23. The van der Waals surface area contributed by atoms with Crippen molar-refractivity contribution in [3.8, 4) is 11.8 Å². The topological polar surface area (TPSA) is 66.4 Å². The summed E-state index contributed by atoms with van der Waals surface area (Å²) >= 11 is 0. The number of aliphatic hydroxyl groups excluding tert-OH is 1. The van der Waals surface area contributed by atoms with Crippen molar-refractivity contribution in [3.63, 3.8) is 0 Å². The van der Waals surface area contributed by atoms with Crippen LogP contribution in [0.5, 0.6) is 0 Å². The second-order valence-electron chi connectivity index (χ2n) is 4.41. The zero-order valence-corrected chi connectivity index (χ0v) is 12.3. The highest BCUT2D eigenvalue weighted by atomic mass is 32.2. The van der Waals surface area contributed by atoms with Crippen molar-refractivity contribution >= 4 is 15.7 Å². The highest BCUT2D eigenvalue weighted by Crippen LogP contribution is 2.20. The van der Waals surface area contributed by atoms with Crippen LogP contribution in [0.4, 0.5) is 5.69 Å². The summed E-state index contributed by atoms with van der Waals surface area (Å²) in [5.74, 6) is 5.29. The van der Waals surface area contributed by atoms with Gasteiger partial charge >= 0.3 is 0 Å². The SMILES string of the molecule is Cc1ccc(C#CCO)cc1NS(=O)(=O)c1ccccc1. The molecule has 0 atom stereocenters. The van der Waals surface area contributed by atoms with Crippen LogP contribution < -0.4 is 4.72 Å². The largest absolute Gasteiger partial charge is 0.384 e. The molecule has 0 saturated heterocycles. The van der Waals surface area contributed by atoms with E-state index < -0.39 is 10.0 Å². The summed E-state index contributed by atoms with van der Waals surface area (Å²) in [6.07, 6.45) is 0. The first kappa shape index (κ1) is 15.1. The summed E-state index contributed by atoms with van der Waals surface area (Å²) < 4.78 is 27.1. The zero-order valence-electron chi connectivity index (χ0n) is 11.5. The Morgan fingerprint density at radius 3 is 2.52 bits per heavy atom. The molecule has 0 unspecified atom stereocenters. The zero-order chi connectivity index (χ0) is 15.3. The van der Waals surface area contributed by atoms with Gasteiger partial charge in [-0.05, 0) is 36.8 Å². The summed E-state index contributed by atoms with van der Waals surface area (Å²) in [5, 5.41) is 8.70. The van der Waals surface area contributed by atoms with Crippen molar-refractivity contribution in [1.82, 2.24) is 0 Å². The smallest absolute Gasteiger partial charge is 0.261 e. The van der Waals surface area contributed by atoms with Crippen molar-refractivity contribution in [3.05, 3.63) is 59.7 Å². The molecule has 0 heterocycles. The second kappa shape index (κ2) is 6.44. The predicted molar refractivity (Wildman–Crippen MR) is 82.4 cm³/mol. The van der Waals surface area contributed by atoms with E-state index in [2.05, 4.69) is 16.6 Å². The molecule has 0 aliphatic rings. The van der Waals surface area contributed by atoms with Gasteiger partial charge in [-0.25, -0.2) is 8.42 Å². The maximum atomic E-state index is 12.3. The molecule has 0 fully saturated rings. The molecule has 0 saturated carbocycles. The van der Waals surface area contributed by atoms with E-state index in [9.17, 15) is 8.42 Å². The molecule has 0 aromatic heterocycles. The summed E-state index contributed by atoms with van der Waals surface area (Å²) in [7, 11) is -3.62. The Kier molecular flexibility index (Phi) is 4.63. The van der Waals surface area contributed by atoms with Crippen LogP contribution in [0.2, 0.25) is 0 Å². The van der Waals surface area contributed by atoms with Crippen LogP contribution in [0.3, 0.4) is 0 Å². The third kappa shape index (κ3) is 3.85. The predicted octanol–water partition coefficient (Wildman–Crippen LogP) is 2.14. The number of aliphatic hydroxyl groups is 1. The van der Waals surface area contributed by atoms with Gasteiger partial charge in [0.25, 0.3) is 10.0 Å². The van der Waals surface area contributed by atoms with Gasteiger partial charge in [0, 0.05) is 5.56 Å². The van der Waals surface area contributed by atoms with Gasteiger partial charge in [0.15, 0.2) is 0 Å². The van der Waals surface area contributed by atoms with E-state index >= 15 is 0 Å². The van der Waals surface area contributed by atoms with Crippen molar-refractivity contribution in [2.75, 3.05) is 11.3 Å². The van der Waals surface area contributed by atoms with Crippen molar-refractivity contribution < 1.29 is 13.5 Å². The Morgan fingerprint density at radius 2 is 1.86 bits per heavy atom. The Bertz CT molecular complexity index is 787. The summed E-state index contributed by atoms with van der Waals surface area (Å²) in [6, 6.07) is 13.4. The van der Waals surface area contributed by atoms with Crippen LogP contribution in [0.25, 0.3) is 0 Å². The number of sulfonamides is 1. The van der Waals surface area contributed by atoms with Gasteiger partial charge in [-0.1, -0.05) is 36.1 Å². The molecule has 0 spiro atoms. The Morgan fingerprint density at radius 1 is 1.14 bits per heavy atom. The minimum absolute atomic E-state index is 0.205. The van der Waals surface area contributed by atoms with E-state index in [4.69, 9.17) is 5.11 Å². The summed E-state index contributed by atoms with van der Waals surface area (Å²) in [4.78, 5) is 0.205. The van der Waals surface area contributed by atoms with Crippen LogP contribution in [0.15, 0.2) is 53.4 Å². The molecule has 2 aromatic carbocycles. The van der Waals surface area contributed by atoms with Crippen LogP contribution in [0, 0.1) is 18.8 Å². The maximum Gasteiger partial charge on any atom is 0.261 e. The number of aryl methyl sites for hydroxylation is 1. The van der Waals surface area contributed by atoms with Crippen LogP contribution in [0.1, 0.15) is 11.1 Å². The minimum atomic E-state index is -3.62. The van der Waals surface area contributed by atoms with Gasteiger partial charge in [0.05, 0.1) is 10.6 Å². The number of benzene rings is 2. The fourth-order valence-corrected chi connectivity index (χ4v) is 2.90. The maximum absolute atomic E-state index is 12.3. The Balaban J connectivity index is 2.35. The first-order valence-electron chi connectivity index (χ1n) is 6.31. The average Bonchev–Trinajstić information content (AvgIpc) is 2.49. The van der Waals surface area contributed by atoms with Crippen molar-refractivity contribution in [2.24, 2.45) is 0 Å². The fourth-order valence-electron chi connectivity index (χ4n) is 1.75. The van der Waals surface area contributed by atoms with Gasteiger partial charge in [0.1, 0.15) is 6.61 Å². The molecule has 2 N–H and O–H groups in total. The molecule has 2 aromatic rings. The van der Waals surface area contributed by atoms with Gasteiger partial charge in [-0.3, -0.25) is 4.72 Å². The molecule has 2 rings (SSSR count). The minimum Gasteiger partial charge on any atom is -0.384 e. The molecular weight excluding hydrogens is 286 g/mol. The number of hydrogen-bond donors (Lipinski definition) is 2. The van der Waals surface area contributed by atoms with Gasteiger partial charge in [0.2, 0.25) is 0 Å². The fraction of sp³-hybridized carbons (Fsp3) is 0.125. The third-order valence-electron chi connectivity index (χ3n) is 2.85. The lowest BCUT2D eigenvalue weighted by atomic mass is 10.1. The van der Waals surface area contributed by atoms with Gasteiger partial charge < -0.3 is 5.11 Å². The van der Waals surface area contributed by atoms with E-state index in [-0.39, 0.29) is 11.5 Å². The number of hydrogen-bond acceptors (Lipinski definition) is 3. The highest BCUT2D eigenvalue weighted by molar-refractivity contribution is 7.92. The molecule has 4 nitrogen and oxygen atoms in total. The normalized spacial score (nSPS) is 10.6. The standard InChI is InChI=1S/C16H15NO3S/c1-13-9-10-14(6-5-11-18)12-16(13)17-21(19,20)15-7-3-2-4-8-15/h2-4,7-10,12,17-18H,11H2,1H3. The quantitative estimate of drug-likeness (QED) is 0.854. The molecule has 21 heavy (non-hydrogen) atoms. The molecule has 108 valence electrons. The lowest BCUT2D eigenvalue weighted by molar-refractivity contribution is 0.350. The lowest BCUT2D eigenvalue weighted by Gasteiger charge is -2.11. The first-order chi connectivity index (χ1) is 10.0. The van der Waals surface area contributed by atoms with E-state index in [1.807, 2.05) is 6.92 Å². The van der Waals surface area contributed by atoms with Gasteiger partial charge in [-0.2, -0.15) is 0 Å². The van der Waals surface area contributed by atoms with Crippen molar-refractivity contribution in [1.29, 1.82) is 0 Å². The molecule has 0 aliphatic heterocycles. The van der Waals surface area contributed by atoms with Crippen LogP contribution in [-0.4, -0.2) is 20.1 Å². The summed E-state index contributed by atoms with van der Waals surface area (Å²) in [6.45, 7) is 1.57. The number of rotatable bonds is 3. The molecule has 0 radical (unpaired) electrons. The van der Waals surface area contributed by atoms with E-state index in [1.54, 1.807) is 36.4 Å². The first-order valence-corrected chi connectivity index (χ1v) is 7.79. The van der Waals surface area contributed by atoms with Gasteiger partial charge in [-0.15, -0.1) is 0 Å². The number of nitrogens with one attached hydrogen (secondary N) is 1. The molecule has 0 amide bonds. The number of anilines is 1. The van der Waals surface area contributed by atoms with E-state index in [0.29, 0.717) is 11.3 Å². The van der Waals surface area contributed by atoms with Crippen LogP contribution >= 0.6 is 0 Å².